The molecule has 20 heavy (non-hydrogen) atoms. The largest absolute Gasteiger partial charge is 0.444 e. The van der Waals surface area contributed by atoms with Crippen molar-refractivity contribution in [1.82, 2.24) is 10.2 Å². The molecule has 0 aliphatic heterocycles. The van der Waals surface area contributed by atoms with Crippen molar-refractivity contribution < 1.29 is 14.3 Å². The van der Waals surface area contributed by atoms with E-state index in [-0.39, 0.29) is 17.7 Å². The van der Waals surface area contributed by atoms with E-state index in [1.54, 1.807) is 6.92 Å². The first kappa shape index (κ1) is 18.9. The quantitative estimate of drug-likeness (QED) is 0.730. The summed E-state index contributed by atoms with van der Waals surface area (Å²) in [6.07, 6.45) is 0.388. The molecule has 0 aromatic heterocycles. The fraction of sp³-hybridized carbons (Fsp3) is 0.867. The average Bonchev–Trinajstić information content (AvgIpc) is 2.20. The summed E-state index contributed by atoms with van der Waals surface area (Å²) in [5.41, 5.74) is -0.474. The maximum atomic E-state index is 11.6. The van der Waals surface area contributed by atoms with E-state index in [4.69, 9.17) is 4.74 Å². The molecule has 5 heteroatoms. The van der Waals surface area contributed by atoms with Crippen LogP contribution < -0.4 is 5.32 Å². The summed E-state index contributed by atoms with van der Waals surface area (Å²) in [6.45, 7) is 12.5. The van der Waals surface area contributed by atoms with Crippen molar-refractivity contribution in [2.75, 3.05) is 20.1 Å². The summed E-state index contributed by atoms with van der Waals surface area (Å²) in [6, 6.07) is -0.0588. The Morgan fingerprint density at radius 1 is 1.25 bits per heavy atom. The SMILES string of the molecule is CC(=O)C(C(C)C)N(C)CCCNC(=O)OC(C)(C)C. The van der Waals surface area contributed by atoms with Gasteiger partial charge in [-0.2, -0.15) is 0 Å². The van der Waals surface area contributed by atoms with Crippen LogP contribution in [-0.2, 0) is 9.53 Å². The number of nitrogens with zero attached hydrogens (tertiary/aromatic N) is 1. The van der Waals surface area contributed by atoms with Gasteiger partial charge in [0.1, 0.15) is 11.4 Å². The Balaban J connectivity index is 4.00. The Morgan fingerprint density at radius 2 is 1.80 bits per heavy atom. The van der Waals surface area contributed by atoms with E-state index >= 15 is 0 Å². The zero-order valence-corrected chi connectivity index (χ0v) is 13.9. The Hall–Kier alpha value is -1.10. The molecule has 0 rings (SSSR count). The van der Waals surface area contributed by atoms with Gasteiger partial charge in [0.25, 0.3) is 0 Å². The summed E-state index contributed by atoms with van der Waals surface area (Å²) in [5.74, 6) is 0.471. The molecular formula is C15H30N2O3. The van der Waals surface area contributed by atoms with Gasteiger partial charge in [0, 0.05) is 13.1 Å². The van der Waals surface area contributed by atoms with E-state index in [1.165, 1.54) is 0 Å². The summed E-state index contributed by atoms with van der Waals surface area (Å²) in [4.78, 5) is 25.1. The second kappa shape index (κ2) is 8.25. The molecule has 0 saturated carbocycles. The van der Waals surface area contributed by atoms with Gasteiger partial charge < -0.3 is 10.1 Å². The predicted molar refractivity (Wildman–Crippen MR) is 80.8 cm³/mol. The maximum Gasteiger partial charge on any atom is 0.407 e. The Labute approximate surface area is 123 Å². The molecular weight excluding hydrogens is 256 g/mol. The Kier molecular flexibility index (Phi) is 7.79. The number of ether oxygens (including phenoxy) is 1. The number of carbonyl (C=O) groups excluding carboxylic acids is 2. The average molecular weight is 286 g/mol. The molecule has 0 aliphatic carbocycles. The van der Waals surface area contributed by atoms with Crippen molar-refractivity contribution in [3.63, 3.8) is 0 Å². The minimum atomic E-state index is -0.474. The summed E-state index contributed by atoms with van der Waals surface area (Å²) in [7, 11) is 1.94. The molecule has 0 fully saturated rings. The standard InChI is InChI=1S/C15H30N2O3/c1-11(2)13(12(3)18)17(7)10-8-9-16-14(19)20-15(4,5)6/h11,13H,8-10H2,1-7H3,(H,16,19). The summed E-state index contributed by atoms with van der Waals surface area (Å²) < 4.78 is 5.15. The van der Waals surface area contributed by atoms with Gasteiger partial charge in [0.2, 0.25) is 0 Å². The highest BCUT2D eigenvalue weighted by Crippen LogP contribution is 2.10. The normalized spacial score (nSPS) is 13.4. The topological polar surface area (TPSA) is 58.6 Å². The number of nitrogens with one attached hydrogen (secondary N) is 1. The molecule has 0 saturated heterocycles. The lowest BCUT2D eigenvalue weighted by Gasteiger charge is -2.29. The minimum Gasteiger partial charge on any atom is -0.444 e. The number of ketones is 1. The molecule has 1 N–H and O–H groups in total. The number of Topliss-reactive ketones (excluding diaryl/α,β-unsaturated/α-hetero) is 1. The second-order valence-corrected chi connectivity index (χ2v) is 6.56. The molecule has 1 atom stereocenters. The van der Waals surface area contributed by atoms with Crippen molar-refractivity contribution in [1.29, 1.82) is 0 Å². The van der Waals surface area contributed by atoms with Gasteiger partial charge in [0.15, 0.2) is 0 Å². The van der Waals surface area contributed by atoms with Gasteiger partial charge >= 0.3 is 6.09 Å². The highest BCUT2D eigenvalue weighted by molar-refractivity contribution is 5.81. The monoisotopic (exact) mass is 286 g/mol. The number of hydrogen-bond donors (Lipinski definition) is 1. The molecule has 1 amide bonds. The lowest BCUT2D eigenvalue weighted by Crippen LogP contribution is -2.42. The maximum absolute atomic E-state index is 11.6. The molecule has 5 nitrogen and oxygen atoms in total. The third kappa shape index (κ3) is 8.15. The Morgan fingerprint density at radius 3 is 2.20 bits per heavy atom. The van der Waals surface area contributed by atoms with Gasteiger partial charge in [-0.15, -0.1) is 0 Å². The first-order valence-electron chi connectivity index (χ1n) is 7.22. The summed E-state index contributed by atoms with van der Waals surface area (Å²) in [5, 5.41) is 2.72. The molecule has 1 unspecified atom stereocenters. The van der Waals surface area contributed by atoms with Crippen LogP contribution in [0.2, 0.25) is 0 Å². The number of likely N-dealkylation sites (N-methyl/N-ethyl adjacent to an activating group) is 1. The van der Waals surface area contributed by atoms with Gasteiger partial charge in [-0.25, -0.2) is 4.79 Å². The van der Waals surface area contributed by atoms with Gasteiger partial charge in [-0.1, -0.05) is 13.8 Å². The number of carbonyl (C=O) groups is 2. The first-order valence-corrected chi connectivity index (χ1v) is 7.22. The zero-order valence-electron chi connectivity index (χ0n) is 13.9. The van der Waals surface area contributed by atoms with E-state index in [0.29, 0.717) is 6.54 Å². The van der Waals surface area contributed by atoms with Crippen LogP contribution in [0.3, 0.4) is 0 Å². The molecule has 0 aromatic rings. The molecule has 0 heterocycles. The van der Waals surface area contributed by atoms with Gasteiger partial charge in [-0.05, 0) is 47.1 Å². The van der Waals surface area contributed by atoms with E-state index in [1.807, 2.05) is 46.6 Å². The van der Waals surface area contributed by atoms with Crippen molar-refractivity contribution >= 4 is 11.9 Å². The van der Waals surface area contributed by atoms with E-state index < -0.39 is 11.7 Å². The Bertz CT molecular complexity index is 322. The van der Waals surface area contributed by atoms with Crippen LogP contribution in [0.4, 0.5) is 4.79 Å². The molecule has 0 bridgehead atoms. The van der Waals surface area contributed by atoms with Crippen molar-refractivity contribution in [3.8, 4) is 0 Å². The van der Waals surface area contributed by atoms with E-state index in [9.17, 15) is 9.59 Å². The van der Waals surface area contributed by atoms with E-state index in [0.717, 1.165) is 13.0 Å². The third-order valence-corrected chi connectivity index (χ3v) is 2.88. The number of amides is 1. The second-order valence-electron chi connectivity index (χ2n) is 6.56. The lowest BCUT2D eigenvalue weighted by atomic mass is 9.99. The van der Waals surface area contributed by atoms with Crippen LogP contribution in [0, 0.1) is 5.92 Å². The highest BCUT2D eigenvalue weighted by atomic mass is 16.6. The number of hydrogen-bond acceptors (Lipinski definition) is 4. The molecule has 0 aliphatic rings. The number of alkyl carbamates (subject to hydrolysis) is 1. The molecule has 0 aromatic carbocycles. The van der Waals surface area contributed by atoms with Gasteiger partial charge in [-0.3, -0.25) is 9.69 Å². The smallest absolute Gasteiger partial charge is 0.407 e. The minimum absolute atomic E-state index is 0.0588. The molecule has 0 spiro atoms. The number of rotatable bonds is 7. The van der Waals surface area contributed by atoms with Crippen LogP contribution in [-0.4, -0.2) is 48.6 Å². The van der Waals surface area contributed by atoms with E-state index in [2.05, 4.69) is 5.32 Å². The summed E-state index contributed by atoms with van der Waals surface area (Å²) >= 11 is 0. The fourth-order valence-electron chi connectivity index (χ4n) is 2.26. The van der Waals surface area contributed by atoms with Crippen molar-refractivity contribution in [2.24, 2.45) is 5.92 Å². The van der Waals surface area contributed by atoms with Crippen LogP contribution in [0.1, 0.15) is 48.0 Å². The molecule has 0 radical (unpaired) electrons. The predicted octanol–water partition coefficient (Wildman–Crippen LogP) is 2.45. The fourth-order valence-corrected chi connectivity index (χ4v) is 2.26. The van der Waals surface area contributed by atoms with Crippen LogP contribution in [0.5, 0.6) is 0 Å². The van der Waals surface area contributed by atoms with Crippen LogP contribution >= 0.6 is 0 Å². The van der Waals surface area contributed by atoms with Crippen molar-refractivity contribution in [3.05, 3.63) is 0 Å². The molecule has 118 valence electrons. The highest BCUT2D eigenvalue weighted by Gasteiger charge is 2.22. The van der Waals surface area contributed by atoms with Crippen LogP contribution in [0.25, 0.3) is 0 Å². The zero-order chi connectivity index (χ0) is 15.9. The van der Waals surface area contributed by atoms with Gasteiger partial charge in [0.05, 0.1) is 6.04 Å². The third-order valence-electron chi connectivity index (χ3n) is 2.88. The first-order chi connectivity index (χ1) is 9.04. The van der Waals surface area contributed by atoms with Crippen molar-refractivity contribution in [2.45, 2.75) is 59.6 Å². The van der Waals surface area contributed by atoms with Crippen LogP contribution in [0.15, 0.2) is 0 Å². The lowest BCUT2D eigenvalue weighted by molar-refractivity contribution is -0.123.